The van der Waals surface area contributed by atoms with Gasteiger partial charge in [0.05, 0.1) is 34.4 Å². The minimum Gasteiger partial charge on any atom is -0.379 e. The summed E-state index contributed by atoms with van der Waals surface area (Å²) in [5.74, 6) is 0. The van der Waals surface area contributed by atoms with E-state index in [1.165, 1.54) is 148 Å². The van der Waals surface area contributed by atoms with Crippen molar-refractivity contribution in [2.75, 3.05) is 60.7 Å². The van der Waals surface area contributed by atoms with Gasteiger partial charge in [0.2, 0.25) is 0 Å². The predicted octanol–water partition coefficient (Wildman–Crippen LogP) is 13.3. The Labute approximate surface area is 324 Å². The Morgan fingerprint density at radius 1 is 0.500 bits per heavy atom. The van der Waals surface area contributed by atoms with Crippen LogP contribution in [0.2, 0.25) is 0 Å². The fraction of sp³-hybridized carbons (Fsp3) is 0.909. The Bertz CT molecular complexity index is 830. The zero-order valence-electron chi connectivity index (χ0n) is 35.3. The van der Waals surface area contributed by atoms with Crippen molar-refractivity contribution in [3.63, 3.8) is 0 Å². The molecule has 8 heteroatoms. The molecule has 2 atom stereocenters. The summed E-state index contributed by atoms with van der Waals surface area (Å²) < 4.78 is 35.7. The quantitative estimate of drug-likeness (QED) is 0.0289. The maximum absolute atomic E-state index is 12.5. The van der Waals surface area contributed by atoms with Crippen LogP contribution >= 0.6 is 7.82 Å². The first kappa shape index (κ1) is 51.5. The van der Waals surface area contributed by atoms with E-state index in [-0.39, 0.29) is 13.2 Å². The highest BCUT2D eigenvalue weighted by Gasteiger charge is 2.25. The number of allylic oxidation sites excluding steroid dienone is 4. The van der Waals surface area contributed by atoms with Crippen molar-refractivity contribution >= 4 is 7.82 Å². The van der Waals surface area contributed by atoms with E-state index in [0.717, 1.165) is 32.1 Å². The van der Waals surface area contributed by atoms with Gasteiger partial charge < -0.3 is 18.9 Å². The lowest BCUT2D eigenvalue weighted by molar-refractivity contribution is -0.870. The maximum Gasteiger partial charge on any atom is 0.472 e. The first-order valence-electron chi connectivity index (χ1n) is 22.1. The summed E-state index contributed by atoms with van der Waals surface area (Å²) in [5.41, 5.74) is 0. The Kier molecular flexibility index (Phi) is 38.3. The molecule has 310 valence electrons. The van der Waals surface area contributed by atoms with Crippen LogP contribution in [0.4, 0.5) is 0 Å². The second-order valence-electron chi connectivity index (χ2n) is 16.1. The summed E-state index contributed by atoms with van der Waals surface area (Å²) in [4.78, 5) is 10.2. The van der Waals surface area contributed by atoms with Crippen molar-refractivity contribution in [2.45, 2.75) is 200 Å². The zero-order valence-corrected chi connectivity index (χ0v) is 36.2. The molecule has 1 unspecified atom stereocenters. The van der Waals surface area contributed by atoms with E-state index >= 15 is 0 Å². The lowest BCUT2D eigenvalue weighted by Gasteiger charge is -2.24. The van der Waals surface area contributed by atoms with Crippen molar-refractivity contribution in [3.05, 3.63) is 24.3 Å². The van der Waals surface area contributed by atoms with Gasteiger partial charge in [-0.2, -0.15) is 0 Å². The molecule has 7 nitrogen and oxygen atoms in total. The van der Waals surface area contributed by atoms with Gasteiger partial charge in [-0.05, 0) is 64.2 Å². The van der Waals surface area contributed by atoms with Gasteiger partial charge >= 0.3 is 7.82 Å². The highest BCUT2D eigenvalue weighted by molar-refractivity contribution is 7.47. The first-order valence-corrected chi connectivity index (χ1v) is 23.6. The molecule has 0 bridgehead atoms. The van der Waals surface area contributed by atoms with Crippen molar-refractivity contribution < 1.29 is 32.5 Å². The van der Waals surface area contributed by atoms with Crippen LogP contribution in [0.15, 0.2) is 24.3 Å². The van der Waals surface area contributed by atoms with Crippen molar-refractivity contribution in [2.24, 2.45) is 0 Å². The minimum absolute atomic E-state index is 0.0186. The smallest absolute Gasteiger partial charge is 0.379 e. The van der Waals surface area contributed by atoms with Gasteiger partial charge in [0.1, 0.15) is 19.3 Å². The fourth-order valence-electron chi connectivity index (χ4n) is 6.05. The zero-order chi connectivity index (χ0) is 38.3. The lowest BCUT2D eigenvalue weighted by Crippen LogP contribution is -2.37. The molecule has 0 aliphatic heterocycles. The number of ether oxygens (including phenoxy) is 2. The number of hydrogen-bond donors (Lipinski definition) is 1. The van der Waals surface area contributed by atoms with Gasteiger partial charge in [0, 0.05) is 13.2 Å². The molecule has 0 aliphatic rings. The topological polar surface area (TPSA) is 74.2 Å². The molecule has 0 fully saturated rings. The molecule has 0 saturated heterocycles. The molecule has 0 aliphatic carbocycles. The van der Waals surface area contributed by atoms with Gasteiger partial charge in [-0.25, -0.2) is 4.57 Å². The molecule has 0 saturated carbocycles. The number of phosphoric acid groups is 1. The average Bonchev–Trinajstić information content (AvgIpc) is 3.10. The van der Waals surface area contributed by atoms with Gasteiger partial charge in [0.15, 0.2) is 0 Å². The number of likely N-dealkylation sites (N-methyl/N-ethyl adjacent to an activating group) is 1. The van der Waals surface area contributed by atoms with Gasteiger partial charge in [-0.3, -0.25) is 9.05 Å². The third kappa shape index (κ3) is 42.2. The normalized spacial score (nSPS) is 14.2. The van der Waals surface area contributed by atoms with E-state index < -0.39 is 13.9 Å². The van der Waals surface area contributed by atoms with Gasteiger partial charge in [0.25, 0.3) is 0 Å². The van der Waals surface area contributed by atoms with Crippen LogP contribution in [0.5, 0.6) is 0 Å². The van der Waals surface area contributed by atoms with E-state index in [1.54, 1.807) is 0 Å². The highest BCUT2D eigenvalue weighted by atomic mass is 31.2. The molecule has 0 amide bonds. The average molecular weight is 759 g/mol. The van der Waals surface area contributed by atoms with Crippen LogP contribution < -0.4 is 0 Å². The van der Waals surface area contributed by atoms with Crippen LogP contribution in [0.25, 0.3) is 0 Å². The Hall–Kier alpha value is -0.530. The van der Waals surface area contributed by atoms with Crippen LogP contribution in [0, 0.1) is 0 Å². The first-order chi connectivity index (χ1) is 25.2. The Morgan fingerprint density at radius 2 is 0.885 bits per heavy atom. The Balaban J connectivity index is 4.12. The van der Waals surface area contributed by atoms with Crippen LogP contribution in [0.3, 0.4) is 0 Å². The summed E-state index contributed by atoms with van der Waals surface area (Å²) in [7, 11) is 1.90. The molecular weight excluding hydrogens is 669 g/mol. The summed E-state index contributed by atoms with van der Waals surface area (Å²) in [6, 6.07) is 0. The number of nitrogens with zero attached hydrogens (tertiary/aromatic N) is 1. The molecule has 0 aromatic carbocycles. The number of phosphoric ester groups is 1. The summed E-state index contributed by atoms with van der Waals surface area (Å²) in [6.45, 7) is 6.92. The third-order valence-corrected chi connectivity index (χ3v) is 10.5. The highest BCUT2D eigenvalue weighted by Crippen LogP contribution is 2.43. The van der Waals surface area contributed by atoms with Crippen LogP contribution in [-0.4, -0.2) is 76.2 Å². The molecule has 0 spiro atoms. The Morgan fingerprint density at radius 3 is 1.31 bits per heavy atom. The standard InChI is InChI=1S/C44H88NO6P/c1-6-8-10-12-14-16-18-20-22-24-26-28-30-32-34-36-39-48-42-44(43-51-52(46,47)50-41-38-45(3,4)5)49-40-37-35-33-31-29-27-25-23-21-19-17-15-13-11-9-7-2/h20,22,25,27,44H,6-19,21,23-24,26,28-43H2,1-5H3/p+1/b22-20-,27-25-/t44-/m0/s1. The third-order valence-electron chi connectivity index (χ3n) is 9.55. The molecule has 52 heavy (non-hydrogen) atoms. The minimum atomic E-state index is -4.14. The summed E-state index contributed by atoms with van der Waals surface area (Å²) in [6.07, 6.45) is 44.9. The van der Waals surface area contributed by atoms with Crippen molar-refractivity contribution in [1.29, 1.82) is 0 Å². The molecule has 0 aromatic heterocycles. The molecule has 1 N–H and O–H groups in total. The van der Waals surface area contributed by atoms with E-state index in [9.17, 15) is 9.46 Å². The largest absolute Gasteiger partial charge is 0.472 e. The molecule has 0 heterocycles. The second kappa shape index (κ2) is 38.7. The summed E-state index contributed by atoms with van der Waals surface area (Å²) in [5, 5.41) is 0. The van der Waals surface area contributed by atoms with Gasteiger partial charge in [-0.15, -0.1) is 0 Å². The molecular formula is C44H89NO6P+. The van der Waals surface area contributed by atoms with E-state index in [4.69, 9.17) is 18.5 Å². The number of quaternary nitrogens is 1. The monoisotopic (exact) mass is 759 g/mol. The van der Waals surface area contributed by atoms with E-state index in [0.29, 0.717) is 30.8 Å². The van der Waals surface area contributed by atoms with Crippen LogP contribution in [0.1, 0.15) is 194 Å². The van der Waals surface area contributed by atoms with Crippen molar-refractivity contribution in [3.8, 4) is 0 Å². The van der Waals surface area contributed by atoms with E-state index in [2.05, 4.69) is 38.2 Å². The molecule has 0 aromatic rings. The molecule has 0 radical (unpaired) electrons. The van der Waals surface area contributed by atoms with Crippen LogP contribution in [-0.2, 0) is 23.1 Å². The van der Waals surface area contributed by atoms with E-state index in [1.807, 2.05) is 21.1 Å². The molecule has 0 rings (SSSR count). The predicted molar refractivity (Wildman–Crippen MR) is 224 cm³/mol. The SMILES string of the molecule is CCCCCCCC/C=C\CCCCCCCCOC[C@@H](COP(=O)(O)OCC[N+](C)(C)C)OCCCCCC/C=C\CCCCCCCCCC. The van der Waals surface area contributed by atoms with Crippen molar-refractivity contribution in [1.82, 2.24) is 0 Å². The number of rotatable bonds is 42. The van der Waals surface area contributed by atoms with Gasteiger partial charge in [-0.1, -0.05) is 154 Å². The maximum atomic E-state index is 12.5. The lowest BCUT2D eigenvalue weighted by atomic mass is 10.1. The summed E-state index contributed by atoms with van der Waals surface area (Å²) >= 11 is 0. The number of unbranched alkanes of at least 4 members (excludes halogenated alkanes) is 24. The second-order valence-corrected chi connectivity index (χ2v) is 17.5. The fourth-order valence-corrected chi connectivity index (χ4v) is 6.80. The number of hydrogen-bond acceptors (Lipinski definition) is 5.